The molecule has 1 heterocycles. The van der Waals surface area contributed by atoms with Crippen molar-refractivity contribution in [1.29, 1.82) is 0 Å². The fraction of sp³-hybridized carbons (Fsp3) is 0.333. The lowest BCUT2D eigenvalue weighted by atomic mass is 10.3. The lowest BCUT2D eigenvalue weighted by Gasteiger charge is -2.24. The number of nitrogens with zero attached hydrogens (tertiary/aromatic N) is 3. The Morgan fingerprint density at radius 2 is 2.00 bits per heavy atom. The molecule has 2 N–H and O–H groups in total. The zero-order valence-corrected chi connectivity index (χ0v) is 11.4. The summed E-state index contributed by atoms with van der Waals surface area (Å²) < 4.78 is 0. The van der Waals surface area contributed by atoms with Crippen molar-refractivity contribution in [3.63, 3.8) is 0 Å². The minimum atomic E-state index is -0.117. The number of hydrogen-bond acceptors (Lipinski definition) is 5. The fourth-order valence-corrected chi connectivity index (χ4v) is 1.73. The van der Waals surface area contributed by atoms with Crippen LogP contribution in [-0.4, -0.2) is 37.1 Å². The third-order valence-electron chi connectivity index (χ3n) is 2.41. The standard InChI is InChI=1S/C12H16ClN5/c1-8-14-11(17-12(15-8)18(2)3)16-10-7-5-4-6-9(10)13/h4-8H,1-3H3,(H2,14,15,16,17). The van der Waals surface area contributed by atoms with Gasteiger partial charge in [-0.25, -0.2) is 9.98 Å². The average Bonchev–Trinajstić information content (AvgIpc) is 2.31. The van der Waals surface area contributed by atoms with Crippen molar-refractivity contribution in [2.24, 2.45) is 9.98 Å². The molecule has 0 amide bonds. The summed E-state index contributed by atoms with van der Waals surface area (Å²) in [4.78, 5) is 10.6. The topological polar surface area (TPSA) is 52.0 Å². The van der Waals surface area contributed by atoms with Crippen LogP contribution >= 0.6 is 11.6 Å². The first kappa shape index (κ1) is 12.7. The van der Waals surface area contributed by atoms with Crippen molar-refractivity contribution in [1.82, 2.24) is 10.2 Å². The monoisotopic (exact) mass is 265 g/mol. The predicted molar refractivity (Wildman–Crippen MR) is 76.2 cm³/mol. The quantitative estimate of drug-likeness (QED) is 0.816. The van der Waals surface area contributed by atoms with Crippen LogP contribution in [-0.2, 0) is 0 Å². The molecule has 0 radical (unpaired) electrons. The van der Waals surface area contributed by atoms with Crippen LogP contribution in [0.5, 0.6) is 0 Å². The normalized spacial score (nSPS) is 18.6. The predicted octanol–water partition coefficient (Wildman–Crippen LogP) is 1.97. The molecule has 5 nitrogen and oxygen atoms in total. The maximum Gasteiger partial charge on any atom is 0.204 e. The van der Waals surface area contributed by atoms with Crippen LogP contribution in [0.2, 0.25) is 5.02 Å². The number of halogens is 1. The van der Waals surface area contributed by atoms with Crippen molar-refractivity contribution in [2.45, 2.75) is 13.1 Å². The molecule has 1 aromatic carbocycles. The first-order valence-corrected chi connectivity index (χ1v) is 6.05. The van der Waals surface area contributed by atoms with Crippen LogP contribution in [0.4, 0.5) is 5.69 Å². The number of para-hydroxylation sites is 1. The van der Waals surface area contributed by atoms with E-state index in [1.165, 1.54) is 0 Å². The van der Waals surface area contributed by atoms with Crippen molar-refractivity contribution in [2.75, 3.05) is 19.4 Å². The molecule has 1 atom stereocenters. The summed E-state index contributed by atoms with van der Waals surface area (Å²) in [7, 11) is 3.86. The molecular weight excluding hydrogens is 250 g/mol. The van der Waals surface area contributed by atoms with Gasteiger partial charge >= 0.3 is 0 Å². The van der Waals surface area contributed by atoms with Crippen LogP contribution < -0.4 is 10.6 Å². The van der Waals surface area contributed by atoms with Crippen LogP contribution in [0, 0.1) is 0 Å². The molecule has 6 heteroatoms. The molecule has 0 saturated carbocycles. The van der Waals surface area contributed by atoms with Crippen molar-refractivity contribution < 1.29 is 0 Å². The largest absolute Gasteiger partial charge is 0.349 e. The van der Waals surface area contributed by atoms with Crippen molar-refractivity contribution in [3.05, 3.63) is 29.3 Å². The summed E-state index contributed by atoms with van der Waals surface area (Å²) in [6.45, 7) is 1.93. The average molecular weight is 266 g/mol. The van der Waals surface area contributed by atoms with Crippen molar-refractivity contribution in [3.8, 4) is 0 Å². The number of guanidine groups is 2. The van der Waals surface area contributed by atoms with Crippen LogP contribution in [0.1, 0.15) is 6.92 Å². The number of hydrogen-bond donors (Lipinski definition) is 2. The molecular formula is C12H16ClN5. The molecule has 0 saturated heterocycles. The number of nitrogens with one attached hydrogen (secondary N) is 2. The highest BCUT2D eigenvalue weighted by Gasteiger charge is 2.15. The fourth-order valence-electron chi connectivity index (χ4n) is 1.54. The zero-order chi connectivity index (χ0) is 13.1. The maximum atomic E-state index is 6.09. The van der Waals surface area contributed by atoms with E-state index in [1.807, 2.05) is 50.2 Å². The van der Waals surface area contributed by atoms with E-state index >= 15 is 0 Å². The third-order valence-corrected chi connectivity index (χ3v) is 2.74. The highest BCUT2D eigenvalue weighted by molar-refractivity contribution is 6.33. The minimum absolute atomic E-state index is 0.117. The van der Waals surface area contributed by atoms with Gasteiger partial charge in [0.15, 0.2) is 0 Å². The number of anilines is 1. The van der Waals surface area contributed by atoms with Gasteiger partial charge in [0.25, 0.3) is 0 Å². The highest BCUT2D eigenvalue weighted by Crippen LogP contribution is 2.20. The first-order valence-electron chi connectivity index (χ1n) is 5.68. The lowest BCUT2D eigenvalue weighted by molar-refractivity contribution is 0.582. The zero-order valence-electron chi connectivity index (χ0n) is 10.6. The molecule has 2 rings (SSSR count). The second-order valence-electron chi connectivity index (χ2n) is 4.19. The molecule has 0 aliphatic carbocycles. The summed E-state index contributed by atoms with van der Waals surface area (Å²) in [6.07, 6.45) is -0.117. The Labute approximate surface area is 112 Å². The lowest BCUT2D eigenvalue weighted by Crippen LogP contribution is -2.46. The summed E-state index contributed by atoms with van der Waals surface area (Å²) in [6, 6.07) is 7.54. The van der Waals surface area contributed by atoms with Gasteiger partial charge in [-0.3, -0.25) is 5.32 Å². The van der Waals surface area contributed by atoms with Crippen LogP contribution in [0.3, 0.4) is 0 Å². The van der Waals surface area contributed by atoms with E-state index in [4.69, 9.17) is 11.6 Å². The smallest absolute Gasteiger partial charge is 0.204 e. The summed E-state index contributed by atoms with van der Waals surface area (Å²) in [5, 5.41) is 6.94. The Bertz CT molecular complexity index is 495. The Morgan fingerprint density at radius 3 is 2.67 bits per heavy atom. The van der Waals surface area contributed by atoms with E-state index < -0.39 is 0 Å². The van der Waals surface area contributed by atoms with Gasteiger partial charge in [0.2, 0.25) is 11.9 Å². The molecule has 1 unspecified atom stereocenters. The van der Waals surface area contributed by atoms with Gasteiger partial charge < -0.3 is 10.2 Å². The second kappa shape index (κ2) is 5.27. The number of rotatable bonds is 1. The third kappa shape index (κ3) is 2.92. The molecule has 0 bridgehead atoms. The molecule has 1 aromatic rings. The van der Waals surface area contributed by atoms with Crippen LogP contribution in [0.25, 0.3) is 0 Å². The van der Waals surface area contributed by atoms with E-state index in [1.54, 1.807) is 0 Å². The molecule has 1 aliphatic heterocycles. The Hall–Kier alpha value is -1.75. The summed E-state index contributed by atoms with van der Waals surface area (Å²) in [5.41, 5.74) is 0.817. The van der Waals surface area contributed by atoms with Crippen LogP contribution in [0.15, 0.2) is 34.3 Å². The first-order chi connectivity index (χ1) is 8.56. The van der Waals surface area contributed by atoms with E-state index in [0.717, 1.165) is 11.6 Å². The molecule has 0 aromatic heterocycles. The van der Waals surface area contributed by atoms with Gasteiger partial charge in [-0.05, 0) is 19.1 Å². The van der Waals surface area contributed by atoms with Gasteiger partial charge in [0.1, 0.15) is 6.17 Å². The van der Waals surface area contributed by atoms with E-state index in [2.05, 4.69) is 20.6 Å². The van der Waals surface area contributed by atoms with E-state index in [0.29, 0.717) is 11.0 Å². The SMILES string of the molecule is CC1N=C(Nc2ccccc2Cl)NC(N(C)C)=N1. The highest BCUT2D eigenvalue weighted by atomic mass is 35.5. The summed E-state index contributed by atoms with van der Waals surface area (Å²) in [5.74, 6) is 1.42. The van der Waals surface area contributed by atoms with Crippen molar-refractivity contribution >= 4 is 29.2 Å². The molecule has 1 aliphatic rings. The van der Waals surface area contributed by atoms with E-state index in [-0.39, 0.29) is 6.17 Å². The minimum Gasteiger partial charge on any atom is -0.349 e. The van der Waals surface area contributed by atoms with E-state index in [9.17, 15) is 0 Å². The Balaban J connectivity index is 2.14. The van der Waals surface area contributed by atoms with Gasteiger partial charge in [-0.1, -0.05) is 23.7 Å². The number of aliphatic imine (C=N–C) groups is 2. The van der Waals surface area contributed by atoms with Gasteiger partial charge in [-0.2, -0.15) is 0 Å². The number of benzene rings is 1. The molecule has 0 spiro atoms. The molecule has 0 fully saturated rings. The molecule has 18 heavy (non-hydrogen) atoms. The maximum absolute atomic E-state index is 6.09. The second-order valence-corrected chi connectivity index (χ2v) is 4.59. The summed E-state index contributed by atoms with van der Waals surface area (Å²) >= 11 is 6.09. The molecule has 96 valence electrons. The van der Waals surface area contributed by atoms with Gasteiger partial charge in [0, 0.05) is 14.1 Å². The van der Waals surface area contributed by atoms with Gasteiger partial charge in [-0.15, -0.1) is 0 Å². The Morgan fingerprint density at radius 1 is 1.28 bits per heavy atom. The Kier molecular flexibility index (Phi) is 3.72. The van der Waals surface area contributed by atoms with Gasteiger partial charge in [0.05, 0.1) is 10.7 Å².